The first kappa shape index (κ1) is 19.1. The average Bonchev–Trinajstić information content (AvgIpc) is 3.31. The van der Waals surface area contributed by atoms with E-state index in [0.29, 0.717) is 20.9 Å². The van der Waals surface area contributed by atoms with Crippen LogP contribution in [-0.2, 0) is 11.2 Å². The molecular weight excluding hydrogens is 405 g/mol. The molecule has 0 bridgehead atoms. The molecule has 0 spiro atoms. The molecule has 1 amide bonds. The molecule has 0 aliphatic carbocycles. The van der Waals surface area contributed by atoms with Gasteiger partial charge >= 0.3 is 0 Å². The van der Waals surface area contributed by atoms with Crippen LogP contribution in [0.5, 0.6) is 0 Å². The summed E-state index contributed by atoms with van der Waals surface area (Å²) < 4.78 is 1.80. The lowest BCUT2D eigenvalue weighted by atomic mass is 10.2. The van der Waals surface area contributed by atoms with Crippen molar-refractivity contribution in [2.24, 2.45) is 0 Å². The van der Waals surface area contributed by atoms with Crippen LogP contribution in [0.2, 0.25) is 10.0 Å². The monoisotopic (exact) mass is 417 g/mol. The summed E-state index contributed by atoms with van der Waals surface area (Å²) in [5.41, 5.74) is 1.35. The molecule has 9 heteroatoms. The van der Waals surface area contributed by atoms with Gasteiger partial charge in [0, 0.05) is 17.6 Å². The van der Waals surface area contributed by atoms with Gasteiger partial charge in [-0.05, 0) is 42.8 Å². The van der Waals surface area contributed by atoms with Crippen molar-refractivity contribution in [2.45, 2.75) is 13.3 Å². The lowest BCUT2D eigenvalue weighted by molar-refractivity contribution is -0.112. The number of nitriles is 1. The molecule has 3 aromatic rings. The van der Waals surface area contributed by atoms with Crippen LogP contribution in [0.1, 0.15) is 17.6 Å². The number of carbonyl (C=O) groups is 1. The number of rotatable bonds is 5. The molecule has 3 rings (SSSR count). The highest BCUT2D eigenvalue weighted by molar-refractivity contribution is 7.15. The van der Waals surface area contributed by atoms with Crippen molar-refractivity contribution in [1.82, 2.24) is 14.8 Å². The topological polar surface area (TPSA) is 83.6 Å². The molecule has 0 saturated heterocycles. The van der Waals surface area contributed by atoms with E-state index < -0.39 is 5.91 Å². The minimum Gasteiger partial charge on any atom is -0.317 e. The molecule has 1 aromatic carbocycles. The Kier molecular flexibility index (Phi) is 5.91. The van der Waals surface area contributed by atoms with Gasteiger partial charge in [0.1, 0.15) is 16.6 Å². The number of hydrogen-bond acceptors (Lipinski definition) is 5. The Morgan fingerprint density at radius 3 is 2.81 bits per heavy atom. The second-order valence-electron chi connectivity index (χ2n) is 5.38. The second kappa shape index (κ2) is 8.35. The molecule has 0 aliphatic rings. The minimum absolute atomic E-state index is 0.0525. The van der Waals surface area contributed by atoms with Crippen molar-refractivity contribution in [2.75, 3.05) is 5.32 Å². The third kappa shape index (κ3) is 4.37. The summed E-state index contributed by atoms with van der Waals surface area (Å²) in [6, 6.07) is 10.7. The number of nitrogens with one attached hydrogen (secondary N) is 1. The summed E-state index contributed by atoms with van der Waals surface area (Å²) in [7, 11) is 0. The third-order valence-electron chi connectivity index (χ3n) is 3.61. The van der Waals surface area contributed by atoms with Crippen molar-refractivity contribution in [3.63, 3.8) is 0 Å². The summed E-state index contributed by atoms with van der Waals surface area (Å²) >= 11 is 13.3. The number of aryl methyl sites for hydroxylation is 1. The largest absolute Gasteiger partial charge is 0.317 e. The smallest absolute Gasteiger partial charge is 0.268 e. The van der Waals surface area contributed by atoms with Crippen molar-refractivity contribution < 1.29 is 4.79 Å². The normalized spacial score (nSPS) is 11.3. The van der Waals surface area contributed by atoms with Crippen LogP contribution in [0.15, 0.2) is 42.1 Å². The maximum Gasteiger partial charge on any atom is 0.268 e. The molecule has 0 unspecified atom stereocenters. The molecule has 0 aliphatic heterocycles. The lowest BCUT2D eigenvalue weighted by Crippen LogP contribution is -2.13. The summed E-state index contributed by atoms with van der Waals surface area (Å²) in [5.74, 6) is -0.543. The number of hydrogen-bond donors (Lipinski definition) is 1. The van der Waals surface area contributed by atoms with E-state index in [4.69, 9.17) is 23.2 Å². The molecule has 27 heavy (non-hydrogen) atoms. The van der Waals surface area contributed by atoms with Crippen LogP contribution in [0.25, 0.3) is 11.8 Å². The number of nitrogens with zero attached hydrogens (tertiary/aromatic N) is 4. The number of halogens is 2. The molecular formula is C18H13Cl2N5OS. The Balaban J connectivity index is 1.88. The number of anilines is 1. The van der Waals surface area contributed by atoms with Crippen LogP contribution >= 0.6 is 34.5 Å². The first-order valence-electron chi connectivity index (χ1n) is 7.90. The van der Waals surface area contributed by atoms with Crippen LogP contribution in [0, 0.1) is 11.3 Å². The predicted molar refractivity (Wildman–Crippen MR) is 107 cm³/mol. The van der Waals surface area contributed by atoms with Crippen LogP contribution in [-0.4, -0.2) is 20.7 Å². The average molecular weight is 418 g/mol. The standard InChI is InChI=1S/C18H13Cl2N5OS/c1-2-16-23-24-18(27-16)22-17(26)11(10-21)8-12-4-3-7-25(12)13-5-6-14(19)15(20)9-13/h3-9H,2H2,1H3,(H,22,24,26). The van der Waals surface area contributed by atoms with E-state index in [0.717, 1.165) is 17.1 Å². The fourth-order valence-corrected chi connectivity index (χ4v) is 3.26. The van der Waals surface area contributed by atoms with Gasteiger partial charge in [0.05, 0.1) is 10.0 Å². The quantitative estimate of drug-likeness (QED) is 0.479. The highest BCUT2D eigenvalue weighted by atomic mass is 35.5. The number of amides is 1. The van der Waals surface area contributed by atoms with Crippen LogP contribution in [0.3, 0.4) is 0 Å². The Morgan fingerprint density at radius 2 is 2.15 bits per heavy atom. The molecule has 0 radical (unpaired) electrons. The highest BCUT2D eigenvalue weighted by Crippen LogP contribution is 2.26. The van der Waals surface area contributed by atoms with E-state index >= 15 is 0 Å². The third-order valence-corrected chi connectivity index (χ3v) is 5.33. The molecule has 136 valence electrons. The Morgan fingerprint density at radius 1 is 1.33 bits per heavy atom. The summed E-state index contributed by atoms with van der Waals surface area (Å²) in [6.07, 6.45) is 4.03. The first-order valence-corrected chi connectivity index (χ1v) is 9.47. The zero-order chi connectivity index (χ0) is 19.4. The van der Waals surface area contributed by atoms with Crippen molar-refractivity contribution in [3.05, 3.63) is 62.8 Å². The van der Waals surface area contributed by atoms with E-state index in [-0.39, 0.29) is 5.57 Å². The van der Waals surface area contributed by atoms with Gasteiger partial charge in [-0.2, -0.15) is 5.26 Å². The molecule has 0 atom stereocenters. The van der Waals surface area contributed by atoms with E-state index in [9.17, 15) is 10.1 Å². The van der Waals surface area contributed by atoms with E-state index in [2.05, 4.69) is 15.5 Å². The van der Waals surface area contributed by atoms with Gasteiger partial charge in [-0.15, -0.1) is 10.2 Å². The second-order valence-corrected chi connectivity index (χ2v) is 7.26. The Labute approximate surface area is 169 Å². The first-order chi connectivity index (χ1) is 13.0. The van der Waals surface area contributed by atoms with Crippen LogP contribution < -0.4 is 5.32 Å². The zero-order valence-corrected chi connectivity index (χ0v) is 16.4. The van der Waals surface area contributed by atoms with E-state index in [1.807, 2.05) is 13.0 Å². The van der Waals surface area contributed by atoms with Gasteiger partial charge in [-0.1, -0.05) is 41.5 Å². The molecule has 0 fully saturated rings. The van der Waals surface area contributed by atoms with Crippen molar-refractivity contribution in [3.8, 4) is 11.8 Å². The summed E-state index contributed by atoms with van der Waals surface area (Å²) in [5, 5.41) is 21.9. The lowest BCUT2D eigenvalue weighted by Gasteiger charge is -2.08. The predicted octanol–water partition coefficient (Wildman–Crippen LogP) is 4.74. The number of carbonyl (C=O) groups excluding carboxylic acids is 1. The highest BCUT2D eigenvalue weighted by Gasteiger charge is 2.14. The molecule has 2 aromatic heterocycles. The van der Waals surface area contributed by atoms with Gasteiger partial charge in [-0.25, -0.2) is 0 Å². The van der Waals surface area contributed by atoms with Crippen molar-refractivity contribution in [1.29, 1.82) is 5.26 Å². The maximum absolute atomic E-state index is 12.4. The molecule has 1 N–H and O–H groups in total. The fraction of sp³-hybridized carbons (Fsp3) is 0.111. The SMILES string of the molecule is CCc1nnc(NC(=O)C(C#N)=Cc2cccn2-c2ccc(Cl)c(Cl)c2)s1. The number of benzene rings is 1. The Bertz CT molecular complexity index is 1060. The fourth-order valence-electron chi connectivity index (χ4n) is 2.29. The molecule has 0 saturated carbocycles. The van der Waals surface area contributed by atoms with E-state index in [1.165, 1.54) is 17.4 Å². The van der Waals surface area contributed by atoms with Crippen LogP contribution in [0.4, 0.5) is 5.13 Å². The number of aromatic nitrogens is 3. The van der Waals surface area contributed by atoms with Crippen molar-refractivity contribution >= 4 is 51.7 Å². The van der Waals surface area contributed by atoms with E-state index in [1.54, 1.807) is 41.1 Å². The van der Waals surface area contributed by atoms with Gasteiger partial charge in [0.15, 0.2) is 0 Å². The zero-order valence-electron chi connectivity index (χ0n) is 14.1. The van der Waals surface area contributed by atoms with Gasteiger partial charge in [-0.3, -0.25) is 10.1 Å². The Hall–Kier alpha value is -2.66. The van der Waals surface area contributed by atoms with Gasteiger partial charge in [0.25, 0.3) is 5.91 Å². The molecule has 2 heterocycles. The summed E-state index contributed by atoms with van der Waals surface area (Å²) in [6.45, 7) is 1.95. The molecule has 6 nitrogen and oxygen atoms in total. The van der Waals surface area contributed by atoms with Gasteiger partial charge in [0.2, 0.25) is 5.13 Å². The minimum atomic E-state index is -0.543. The van der Waals surface area contributed by atoms with Gasteiger partial charge < -0.3 is 4.57 Å². The maximum atomic E-state index is 12.4. The summed E-state index contributed by atoms with van der Waals surface area (Å²) in [4.78, 5) is 12.4.